The highest BCUT2D eigenvalue weighted by Crippen LogP contribution is 2.67. The fourth-order valence-electron chi connectivity index (χ4n) is 8.58. The highest BCUT2D eigenvalue weighted by atomic mass is 16.1. The zero-order valence-corrected chi connectivity index (χ0v) is 20.5. The lowest BCUT2D eigenvalue weighted by atomic mass is 9.44. The Bertz CT molecular complexity index is 811. The molecule has 8 atom stereocenters. The molecule has 4 aliphatic carbocycles. The Balaban J connectivity index is 0.000000567. The molecule has 0 bridgehead atoms. The second-order valence-electron chi connectivity index (χ2n) is 11.7. The van der Waals surface area contributed by atoms with E-state index in [9.17, 15) is 4.79 Å². The van der Waals surface area contributed by atoms with E-state index in [1.54, 1.807) is 29.3 Å². The van der Waals surface area contributed by atoms with E-state index in [1.165, 1.54) is 51.4 Å². The summed E-state index contributed by atoms with van der Waals surface area (Å²) >= 11 is 0. The molecule has 4 heteroatoms. The number of carbonyl (C=O) groups is 1. The third kappa shape index (κ3) is 4.03. The van der Waals surface area contributed by atoms with Crippen molar-refractivity contribution in [1.29, 1.82) is 0 Å². The molecule has 8 unspecified atom stereocenters. The lowest BCUT2D eigenvalue weighted by molar-refractivity contribution is -0.137. The quantitative estimate of drug-likeness (QED) is 0.505. The fraction of sp³-hybridized carbons (Fsp3) is 0.750. The van der Waals surface area contributed by atoms with Crippen molar-refractivity contribution >= 4 is 5.78 Å². The molecular weight excluding hydrogens is 394 g/mol. The third-order valence-corrected chi connectivity index (χ3v) is 10.2. The molecule has 4 saturated carbocycles. The molecule has 1 aromatic heterocycles. The van der Waals surface area contributed by atoms with Crippen LogP contribution in [-0.4, -0.2) is 20.8 Å². The molecule has 5 rings (SSSR count). The molecule has 4 nitrogen and oxygen atoms in total. The maximum atomic E-state index is 13.2. The van der Waals surface area contributed by atoms with Gasteiger partial charge in [-0.25, -0.2) is 0 Å². The first-order valence-corrected chi connectivity index (χ1v) is 12.9. The third-order valence-electron chi connectivity index (χ3n) is 10.2. The molecule has 0 amide bonds. The van der Waals surface area contributed by atoms with E-state index < -0.39 is 0 Å². The van der Waals surface area contributed by atoms with Crippen LogP contribution in [0.1, 0.15) is 78.6 Å². The average Bonchev–Trinajstić information content (AvgIpc) is 3.41. The van der Waals surface area contributed by atoms with Crippen molar-refractivity contribution in [2.24, 2.45) is 46.3 Å². The second-order valence-corrected chi connectivity index (χ2v) is 11.7. The summed E-state index contributed by atoms with van der Waals surface area (Å²) in [5.74, 6) is 4.96. The van der Waals surface area contributed by atoms with Gasteiger partial charge < -0.3 is 0 Å². The van der Waals surface area contributed by atoms with E-state index >= 15 is 0 Å². The van der Waals surface area contributed by atoms with Crippen LogP contribution >= 0.6 is 0 Å². The summed E-state index contributed by atoms with van der Waals surface area (Å²) in [5, 5.41) is 8.33. The van der Waals surface area contributed by atoms with Crippen LogP contribution in [-0.2, 0) is 11.3 Å². The maximum absolute atomic E-state index is 13.2. The first kappa shape index (κ1) is 23.4. The molecule has 1 heterocycles. The number of aromatic nitrogens is 3. The van der Waals surface area contributed by atoms with Crippen molar-refractivity contribution in [3.05, 3.63) is 37.7 Å². The lowest BCUT2D eigenvalue weighted by Gasteiger charge is -2.61. The lowest BCUT2D eigenvalue weighted by Crippen LogP contribution is -2.53. The minimum atomic E-state index is 0.205. The van der Waals surface area contributed by atoms with Gasteiger partial charge in [-0.05, 0) is 91.8 Å². The van der Waals surface area contributed by atoms with E-state index in [2.05, 4.69) is 44.1 Å². The molecule has 32 heavy (non-hydrogen) atoms. The molecule has 0 saturated heterocycles. The second kappa shape index (κ2) is 9.27. The van der Waals surface area contributed by atoms with Gasteiger partial charge in [-0.2, -0.15) is 15.0 Å². The van der Waals surface area contributed by atoms with Gasteiger partial charge in [0.15, 0.2) is 5.78 Å². The Labute approximate surface area is 194 Å². The first-order chi connectivity index (χ1) is 15.3. The number of carbonyl (C=O) groups excluding carboxylic acids is 1. The van der Waals surface area contributed by atoms with Gasteiger partial charge in [-0.15, -0.1) is 0 Å². The van der Waals surface area contributed by atoms with Crippen molar-refractivity contribution < 1.29 is 4.79 Å². The molecule has 176 valence electrons. The minimum absolute atomic E-state index is 0.205. The molecule has 4 aliphatic rings. The normalized spacial score (nSPS) is 42.5. The number of hydrogen-bond donors (Lipinski definition) is 0. The van der Waals surface area contributed by atoms with Gasteiger partial charge in [0.2, 0.25) is 0 Å². The summed E-state index contributed by atoms with van der Waals surface area (Å²) in [7, 11) is 0. The summed E-state index contributed by atoms with van der Waals surface area (Å²) in [6.45, 7) is 14.6. The van der Waals surface area contributed by atoms with E-state index in [1.807, 2.05) is 0 Å². The van der Waals surface area contributed by atoms with Gasteiger partial charge in [-0.1, -0.05) is 52.5 Å². The van der Waals surface area contributed by atoms with Crippen LogP contribution in [0.4, 0.5) is 0 Å². The van der Waals surface area contributed by atoms with Crippen LogP contribution in [0.2, 0.25) is 0 Å². The van der Waals surface area contributed by atoms with E-state index in [4.69, 9.17) is 0 Å². The Morgan fingerprint density at radius 2 is 1.62 bits per heavy atom. The Kier molecular flexibility index (Phi) is 6.79. The van der Waals surface area contributed by atoms with Crippen LogP contribution in [0.3, 0.4) is 0 Å². The number of rotatable bonds is 4. The molecule has 0 aliphatic heterocycles. The van der Waals surface area contributed by atoms with E-state index in [-0.39, 0.29) is 11.3 Å². The number of Topliss-reactive ketones (excluding diaryl/α,β-unsaturated/α-hetero) is 1. The van der Waals surface area contributed by atoms with Gasteiger partial charge in [-0.3, -0.25) is 4.79 Å². The van der Waals surface area contributed by atoms with Crippen LogP contribution in [0, 0.1) is 46.3 Å². The van der Waals surface area contributed by atoms with Crippen LogP contribution in [0.5, 0.6) is 0 Å². The van der Waals surface area contributed by atoms with Crippen molar-refractivity contribution in [1.82, 2.24) is 15.0 Å². The Hall–Kier alpha value is -1.71. The number of allylic oxidation sites excluding steroid dienone is 2. The number of nitrogens with zero attached hydrogens (tertiary/aromatic N) is 3. The molecule has 0 aromatic carbocycles. The zero-order chi connectivity index (χ0) is 22.9. The van der Waals surface area contributed by atoms with Crippen molar-refractivity contribution in [3.63, 3.8) is 0 Å². The van der Waals surface area contributed by atoms with Crippen LogP contribution < -0.4 is 0 Å². The monoisotopic (exact) mass is 437 g/mol. The first-order valence-electron chi connectivity index (χ1n) is 12.9. The molecule has 0 radical (unpaired) electrons. The standard InChI is InChI=1S/C24H37N3O.C4H6/c1-16-8-10-23(2)17(14-16)4-5-18-19-6-7-21(24(19,3)11-9-20(18)23)22(28)15-27-25-12-13-26-27;1-3-4-2/h12-13,16-21H,4-11,14-15H2,1-3H3;3-4H,1-2H2. The Morgan fingerprint density at radius 3 is 2.31 bits per heavy atom. The van der Waals surface area contributed by atoms with Crippen molar-refractivity contribution in [3.8, 4) is 0 Å². The average molecular weight is 438 g/mol. The van der Waals surface area contributed by atoms with Crippen molar-refractivity contribution in [2.75, 3.05) is 0 Å². The zero-order valence-electron chi connectivity index (χ0n) is 20.5. The summed E-state index contributed by atoms with van der Waals surface area (Å²) in [4.78, 5) is 14.7. The van der Waals surface area contributed by atoms with Gasteiger partial charge in [0, 0.05) is 5.92 Å². The van der Waals surface area contributed by atoms with E-state index in [0.29, 0.717) is 17.7 Å². The maximum Gasteiger partial charge on any atom is 0.159 e. The molecule has 4 fully saturated rings. The summed E-state index contributed by atoms with van der Waals surface area (Å²) in [5.41, 5.74) is 0.772. The van der Waals surface area contributed by atoms with E-state index in [0.717, 1.165) is 36.0 Å². The topological polar surface area (TPSA) is 47.8 Å². The molecule has 0 spiro atoms. The highest BCUT2D eigenvalue weighted by molar-refractivity contribution is 5.81. The molecular formula is C28H43N3O. The fourth-order valence-corrected chi connectivity index (χ4v) is 8.58. The predicted molar refractivity (Wildman–Crippen MR) is 130 cm³/mol. The minimum Gasteiger partial charge on any atom is -0.297 e. The van der Waals surface area contributed by atoms with Gasteiger partial charge >= 0.3 is 0 Å². The highest BCUT2D eigenvalue weighted by Gasteiger charge is 2.60. The van der Waals surface area contributed by atoms with Gasteiger partial charge in [0.25, 0.3) is 0 Å². The number of fused-ring (bicyclic) bond motifs is 5. The summed E-state index contributed by atoms with van der Waals surface area (Å²) < 4.78 is 0. The van der Waals surface area contributed by atoms with Crippen LogP contribution in [0.25, 0.3) is 0 Å². The summed E-state index contributed by atoms with van der Waals surface area (Å²) in [6.07, 6.45) is 18.7. The SMILES string of the molecule is C=CC=C.CC1CCC2(C)C(CCC3C2CCC2(C)C(C(=O)Cn4nccn4)CCC32)C1. The summed E-state index contributed by atoms with van der Waals surface area (Å²) in [6, 6.07) is 0. The predicted octanol–water partition coefficient (Wildman–Crippen LogP) is 6.50. The van der Waals surface area contributed by atoms with Gasteiger partial charge in [0.1, 0.15) is 6.54 Å². The van der Waals surface area contributed by atoms with Gasteiger partial charge in [0.05, 0.1) is 12.4 Å². The Morgan fingerprint density at radius 1 is 0.969 bits per heavy atom. The number of hydrogen-bond acceptors (Lipinski definition) is 3. The molecule has 1 aromatic rings. The smallest absolute Gasteiger partial charge is 0.159 e. The van der Waals surface area contributed by atoms with Crippen LogP contribution in [0.15, 0.2) is 37.7 Å². The molecule has 0 N–H and O–H groups in total. The number of ketones is 1. The van der Waals surface area contributed by atoms with Crippen molar-refractivity contribution in [2.45, 2.75) is 85.1 Å². The largest absolute Gasteiger partial charge is 0.297 e.